The quantitative estimate of drug-likeness (QED) is 0.673. The summed E-state index contributed by atoms with van der Waals surface area (Å²) in [7, 11) is 0. The van der Waals surface area contributed by atoms with E-state index in [1.54, 1.807) is 0 Å². The molecule has 9 atom stereocenters. The molecule has 0 aromatic carbocycles. The Labute approximate surface area is 167 Å². The zero-order chi connectivity index (χ0) is 20.5. The molecule has 160 valence electrons. The molecule has 0 bridgehead atoms. The van der Waals surface area contributed by atoms with Crippen molar-refractivity contribution in [3.05, 3.63) is 0 Å². The lowest BCUT2D eigenvalue weighted by Crippen LogP contribution is -2.61. The predicted molar refractivity (Wildman–Crippen MR) is 103 cm³/mol. The second-order valence-corrected chi connectivity index (χ2v) is 11.1. The van der Waals surface area contributed by atoms with Gasteiger partial charge in [-0.3, -0.25) is 4.79 Å². The van der Waals surface area contributed by atoms with Crippen molar-refractivity contribution in [3.63, 3.8) is 0 Å². The number of fused-ring (bicyclic) bond motifs is 5. The van der Waals surface area contributed by atoms with E-state index in [-0.39, 0.29) is 53.3 Å². The topological polar surface area (TPSA) is 57.5 Å². The van der Waals surface area contributed by atoms with E-state index in [4.69, 9.17) is 0 Å². The van der Waals surface area contributed by atoms with Gasteiger partial charge < -0.3 is 10.2 Å². The van der Waals surface area contributed by atoms with Gasteiger partial charge in [-0.05, 0) is 85.4 Å². The third-order valence-corrected chi connectivity index (χ3v) is 9.89. The van der Waals surface area contributed by atoms with E-state index in [0.29, 0.717) is 6.42 Å². The SMILES string of the molecule is C[C@H](CC(=O)O)[C@H]1CCC2C3C(CC[C@@]21C)[C@@]1(C)CC[C@H](O)C[C@H]1CC3(F)F. The van der Waals surface area contributed by atoms with Crippen molar-refractivity contribution in [1.29, 1.82) is 0 Å². The minimum absolute atomic E-state index is 0.00730. The minimum Gasteiger partial charge on any atom is -0.481 e. The fourth-order valence-electron chi connectivity index (χ4n) is 8.53. The molecule has 5 heteroatoms. The number of aliphatic hydroxyl groups is 1. The zero-order valence-electron chi connectivity index (χ0n) is 17.5. The highest BCUT2D eigenvalue weighted by Gasteiger charge is 2.68. The van der Waals surface area contributed by atoms with E-state index in [0.717, 1.165) is 38.5 Å². The van der Waals surface area contributed by atoms with Crippen LogP contribution in [0.25, 0.3) is 0 Å². The third kappa shape index (κ3) is 2.94. The van der Waals surface area contributed by atoms with Crippen molar-refractivity contribution in [3.8, 4) is 0 Å². The molecule has 0 aromatic rings. The number of aliphatic carboxylic acids is 1. The second-order valence-electron chi connectivity index (χ2n) is 11.1. The highest BCUT2D eigenvalue weighted by molar-refractivity contribution is 5.67. The van der Waals surface area contributed by atoms with Gasteiger partial charge in [-0.1, -0.05) is 20.8 Å². The van der Waals surface area contributed by atoms with Crippen LogP contribution in [0, 0.1) is 46.3 Å². The summed E-state index contributed by atoms with van der Waals surface area (Å²) in [4.78, 5) is 11.2. The Hall–Kier alpha value is -0.710. The molecule has 0 saturated heterocycles. The number of rotatable bonds is 3. The molecular weight excluding hydrogens is 362 g/mol. The van der Waals surface area contributed by atoms with E-state index in [2.05, 4.69) is 13.8 Å². The molecule has 0 heterocycles. The van der Waals surface area contributed by atoms with E-state index in [9.17, 15) is 15.0 Å². The van der Waals surface area contributed by atoms with Crippen molar-refractivity contribution in [1.82, 2.24) is 0 Å². The second kappa shape index (κ2) is 6.65. The van der Waals surface area contributed by atoms with Gasteiger partial charge >= 0.3 is 5.97 Å². The molecule has 0 aromatic heterocycles. The normalized spacial score (nSPS) is 50.9. The number of carboxylic acid groups (broad SMARTS) is 1. The van der Waals surface area contributed by atoms with Crippen molar-refractivity contribution in [2.75, 3.05) is 0 Å². The predicted octanol–water partition coefficient (Wildman–Crippen LogP) is 5.36. The summed E-state index contributed by atoms with van der Waals surface area (Å²) in [6.45, 7) is 6.40. The molecule has 0 spiro atoms. The third-order valence-electron chi connectivity index (χ3n) is 9.89. The van der Waals surface area contributed by atoms with Crippen LogP contribution in [-0.4, -0.2) is 28.2 Å². The molecule has 2 N–H and O–H groups in total. The fraction of sp³-hybridized carbons (Fsp3) is 0.957. The fourth-order valence-corrected chi connectivity index (χ4v) is 8.53. The Kier molecular flexibility index (Phi) is 4.88. The van der Waals surface area contributed by atoms with Gasteiger partial charge in [0.2, 0.25) is 0 Å². The molecule has 4 aliphatic rings. The average Bonchev–Trinajstić information content (AvgIpc) is 2.93. The molecule has 4 aliphatic carbocycles. The van der Waals surface area contributed by atoms with Gasteiger partial charge in [-0.2, -0.15) is 0 Å². The molecule has 3 nitrogen and oxygen atoms in total. The van der Waals surface area contributed by atoms with Gasteiger partial charge in [0.1, 0.15) is 0 Å². The molecule has 3 unspecified atom stereocenters. The maximum Gasteiger partial charge on any atom is 0.303 e. The molecule has 4 saturated carbocycles. The van der Waals surface area contributed by atoms with Crippen LogP contribution >= 0.6 is 0 Å². The van der Waals surface area contributed by atoms with Crippen molar-refractivity contribution >= 4 is 5.97 Å². The largest absolute Gasteiger partial charge is 0.481 e. The Morgan fingerprint density at radius 2 is 1.71 bits per heavy atom. The summed E-state index contributed by atoms with van der Waals surface area (Å²) in [5.41, 5.74) is -0.255. The minimum atomic E-state index is -2.68. The van der Waals surface area contributed by atoms with E-state index in [1.165, 1.54) is 0 Å². The van der Waals surface area contributed by atoms with Gasteiger partial charge in [-0.25, -0.2) is 8.78 Å². The number of carbonyl (C=O) groups is 1. The molecule has 0 amide bonds. The van der Waals surface area contributed by atoms with Crippen LogP contribution in [0.5, 0.6) is 0 Å². The molecule has 0 aliphatic heterocycles. The summed E-state index contributed by atoms with van der Waals surface area (Å²) in [6, 6.07) is 0. The van der Waals surface area contributed by atoms with Crippen molar-refractivity contribution < 1.29 is 23.8 Å². The Bertz CT molecular complexity index is 637. The lowest BCUT2D eigenvalue weighted by Gasteiger charge is -2.63. The van der Waals surface area contributed by atoms with Crippen LogP contribution < -0.4 is 0 Å². The smallest absolute Gasteiger partial charge is 0.303 e. The van der Waals surface area contributed by atoms with Crippen LogP contribution in [0.1, 0.15) is 78.6 Å². The Morgan fingerprint density at radius 1 is 1.07 bits per heavy atom. The lowest BCUT2D eigenvalue weighted by atomic mass is 9.43. The molecule has 4 fully saturated rings. The number of aliphatic hydroxyl groups excluding tert-OH is 1. The van der Waals surface area contributed by atoms with Crippen LogP contribution in [0.4, 0.5) is 8.78 Å². The summed E-state index contributed by atoms with van der Waals surface area (Å²) < 4.78 is 31.2. The van der Waals surface area contributed by atoms with E-state index in [1.807, 2.05) is 6.92 Å². The van der Waals surface area contributed by atoms with Gasteiger partial charge in [-0.15, -0.1) is 0 Å². The van der Waals surface area contributed by atoms with Gasteiger partial charge in [0.15, 0.2) is 0 Å². The van der Waals surface area contributed by atoms with Gasteiger partial charge in [0, 0.05) is 18.8 Å². The molecule has 0 radical (unpaired) electrons. The van der Waals surface area contributed by atoms with Gasteiger partial charge in [0.05, 0.1) is 6.10 Å². The lowest BCUT2D eigenvalue weighted by molar-refractivity contribution is -0.238. The first kappa shape index (κ1) is 20.6. The maximum absolute atomic E-state index is 15.6. The van der Waals surface area contributed by atoms with Crippen LogP contribution in [0.15, 0.2) is 0 Å². The summed E-state index contributed by atoms with van der Waals surface area (Å²) in [6.07, 6.45) is 5.21. The van der Waals surface area contributed by atoms with Gasteiger partial charge in [0.25, 0.3) is 5.92 Å². The van der Waals surface area contributed by atoms with Crippen LogP contribution in [-0.2, 0) is 4.79 Å². The average molecular weight is 399 g/mol. The summed E-state index contributed by atoms with van der Waals surface area (Å²) in [5.74, 6) is -3.84. The number of hydrogen-bond acceptors (Lipinski definition) is 2. The van der Waals surface area contributed by atoms with Crippen LogP contribution in [0.3, 0.4) is 0 Å². The van der Waals surface area contributed by atoms with Crippen molar-refractivity contribution in [2.45, 2.75) is 90.6 Å². The monoisotopic (exact) mass is 398 g/mol. The van der Waals surface area contributed by atoms with E-state index < -0.39 is 23.9 Å². The number of carboxylic acids is 1. The molecule has 28 heavy (non-hydrogen) atoms. The van der Waals surface area contributed by atoms with Crippen LogP contribution in [0.2, 0.25) is 0 Å². The first-order valence-electron chi connectivity index (χ1n) is 11.3. The number of alkyl halides is 2. The molecular formula is C23H36F2O3. The Morgan fingerprint density at radius 3 is 2.39 bits per heavy atom. The zero-order valence-corrected chi connectivity index (χ0v) is 17.5. The summed E-state index contributed by atoms with van der Waals surface area (Å²) >= 11 is 0. The van der Waals surface area contributed by atoms with Crippen molar-refractivity contribution in [2.24, 2.45) is 46.3 Å². The number of halogens is 2. The highest BCUT2D eigenvalue weighted by Crippen LogP contribution is 2.71. The summed E-state index contributed by atoms with van der Waals surface area (Å²) in [5, 5.41) is 19.3. The Balaban J connectivity index is 1.65. The molecule has 4 rings (SSSR count). The number of hydrogen-bond donors (Lipinski definition) is 2. The standard InChI is InChI=1S/C23H36F2O3/c1-13(10-19(27)28)16-4-5-17-20-18(7-9-22(16,17)3)21(2)8-6-15(26)11-14(21)12-23(20,24)25/h13-18,20,26H,4-12H2,1-3H3,(H,27,28)/t13-,14+,15+,16-,17?,18?,20?,21+,22-/m1/s1. The first-order valence-corrected chi connectivity index (χ1v) is 11.3. The maximum atomic E-state index is 15.6. The van der Waals surface area contributed by atoms with E-state index >= 15 is 8.78 Å². The highest BCUT2D eigenvalue weighted by atomic mass is 19.3. The first-order chi connectivity index (χ1) is 13.0.